The van der Waals surface area contributed by atoms with Crippen LogP contribution in [0.4, 0.5) is 0 Å². The van der Waals surface area contributed by atoms with Crippen molar-refractivity contribution in [3.05, 3.63) is 28.7 Å². The molecule has 0 spiro atoms. The Morgan fingerprint density at radius 3 is 3.05 bits per heavy atom. The highest BCUT2D eigenvalue weighted by atomic mass is 79.9. The van der Waals surface area contributed by atoms with Crippen LogP contribution in [-0.4, -0.2) is 31.8 Å². The van der Waals surface area contributed by atoms with E-state index in [2.05, 4.69) is 21.2 Å². The van der Waals surface area contributed by atoms with Crippen LogP contribution < -0.4 is 10.1 Å². The van der Waals surface area contributed by atoms with Crippen molar-refractivity contribution in [1.29, 1.82) is 0 Å². The van der Waals surface area contributed by atoms with Gasteiger partial charge in [-0.25, -0.2) is 0 Å². The van der Waals surface area contributed by atoms with Gasteiger partial charge in [0.1, 0.15) is 5.75 Å². The molecule has 0 aliphatic carbocycles. The number of rotatable bonds is 5. The third-order valence-electron chi connectivity index (χ3n) is 3.10. The maximum absolute atomic E-state index is 11.9. The fourth-order valence-corrected chi connectivity index (χ4v) is 2.30. The number of carbonyl (C=O) groups is 1. The van der Waals surface area contributed by atoms with E-state index in [1.165, 1.54) is 0 Å². The highest BCUT2D eigenvalue weighted by Gasteiger charge is 2.19. The lowest BCUT2D eigenvalue weighted by Gasteiger charge is -2.16. The van der Waals surface area contributed by atoms with Crippen molar-refractivity contribution in [2.75, 3.05) is 19.8 Å². The third-order valence-corrected chi connectivity index (χ3v) is 3.75. The van der Waals surface area contributed by atoms with Crippen LogP contribution in [0.2, 0.25) is 0 Å². The van der Waals surface area contributed by atoms with Crippen LogP contribution in [0.3, 0.4) is 0 Å². The zero-order chi connectivity index (χ0) is 13.7. The van der Waals surface area contributed by atoms with Gasteiger partial charge in [-0.15, -0.1) is 0 Å². The summed E-state index contributed by atoms with van der Waals surface area (Å²) in [4.78, 5) is 11.9. The molecule has 2 atom stereocenters. The number of carbonyl (C=O) groups excluding carboxylic acids is 1. The zero-order valence-electron chi connectivity index (χ0n) is 10.9. The molecule has 1 N–H and O–H groups in total. The van der Waals surface area contributed by atoms with Crippen molar-refractivity contribution in [2.24, 2.45) is 5.92 Å². The van der Waals surface area contributed by atoms with Crippen molar-refractivity contribution < 1.29 is 14.3 Å². The molecule has 0 unspecified atom stereocenters. The van der Waals surface area contributed by atoms with Gasteiger partial charge in [-0.3, -0.25) is 4.79 Å². The first-order chi connectivity index (χ1) is 9.16. The predicted octanol–water partition coefficient (Wildman–Crippen LogP) is 2.37. The Bertz CT molecular complexity index is 432. The molecule has 1 saturated heterocycles. The average molecular weight is 328 g/mol. The molecule has 0 bridgehead atoms. The second-order valence-corrected chi connectivity index (χ2v) is 5.52. The molecule has 1 aliphatic rings. The smallest absolute Gasteiger partial charge is 0.260 e. The summed E-state index contributed by atoms with van der Waals surface area (Å²) in [6.07, 6.45) is 0.501. The minimum absolute atomic E-state index is 0.0948. The fourth-order valence-electron chi connectivity index (χ4n) is 1.92. The van der Waals surface area contributed by atoms with Gasteiger partial charge in [-0.2, -0.15) is 0 Å². The lowest BCUT2D eigenvalue weighted by Crippen LogP contribution is -2.39. The SMILES string of the molecule is C[C@@H](Oc1ccccc1Br)C(=O)NC[C@H]1CCOC1. The van der Waals surface area contributed by atoms with Crippen molar-refractivity contribution in [2.45, 2.75) is 19.4 Å². The van der Waals surface area contributed by atoms with Gasteiger partial charge < -0.3 is 14.8 Å². The molecule has 1 heterocycles. The summed E-state index contributed by atoms with van der Waals surface area (Å²) >= 11 is 3.39. The van der Waals surface area contributed by atoms with E-state index >= 15 is 0 Å². The highest BCUT2D eigenvalue weighted by molar-refractivity contribution is 9.10. The topological polar surface area (TPSA) is 47.6 Å². The summed E-state index contributed by atoms with van der Waals surface area (Å²) in [6.45, 7) is 3.94. The summed E-state index contributed by atoms with van der Waals surface area (Å²) in [7, 11) is 0. The van der Waals surface area contributed by atoms with Crippen LogP contribution in [0.25, 0.3) is 0 Å². The first kappa shape index (κ1) is 14.3. The van der Waals surface area contributed by atoms with E-state index in [-0.39, 0.29) is 5.91 Å². The summed E-state index contributed by atoms with van der Waals surface area (Å²) in [5.41, 5.74) is 0. The van der Waals surface area contributed by atoms with E-state index in [0.29, 0.717) is 18.2 Å². The lowest BCUT2D eigenvalue weighted by molar-refractivity contribution is -0.127. The standard InChI is InChI=1S/C14H18BrNO3/c1-10(19-13-5-3-2-4-12(13)15)14(17)16-8-11-6-7-18-9-11/h2-5,10-11H,6-9H2,1H3,(H,16,17)/t10-,11-/m1/s1. The molecule has 5 heteroatoms. The molecule has 104 valence electrons. The Morgan fingerprint density at radius 2 is 2.37 bits per heavy atom. The predicted molar refractivity (Wildman–Crippen MR) is 76.2 cm³/mol. The van der Waals surface area contributed by atoms with Gasteiger partial charge in [0, 0.05) is 19.1 Å². The largest absolute Gasteiger partial charge is 0.480 e. The summed E-state index contributed by atoms with van der Waals surface area (Å²) < 4.78 is 11.8. The summed E-state index contributed by atoms with van der Waals surface area (Å²) in [5.74, 6) is 1.01. The Morgan fingerprint density at radius 1 is 1.58 bits per heavy atom. The third kappa shape index (κ3) is 4.21. The van der Waals surface area contributed by atoms with Gasteiger partial charge in [0.2, 0.25) is 0 Å². The van der Waals surface area contributed by atoms with Crippen LogP contribution in [0.15, 0.2) is 28.7 Å². The molecule has 4 nitrogen and oxygen atoms in total. The minimum Gasteiger partial charge on any atom is -0.480 e. The number of nitrogens with one attached hydrogen (secondary N) is 1. The van der Waals surface area contributed by atoms with E-state index in [1.807, 2.05) is 24.3 Å². The van der Waals surface area contributed by atoms with Crippen molar-refractivity contribution in [1.82, 2.24) is 5.32 Å². The van der Waals surface area contributed by atoms with E-state index in [4.69, 9.17) is 9.47 Å². The molecule has 1 aliphatic heterocycles. The van der Waals surface area contributed by atoms with Crippen LogP contribution in [0, 0.1) is 5.92 Å². The number of para-hydroxylation sites is 1. The Kier molecular flexibility index (Phi) is 5.22. The van der Waals surface area contributed by atoms with Gasteiger partial charge in [-0.1, -0.05) is 12.1 Å². The molecule has 1 amide bonds. The quantitative estimate of drug-likeness (QED) is 0.903. The molecule has 0 aromatic heterocycles. The van der Waals surface area contributed by atoms with Crippen molar-refractivity contribution >= 4 is 21.8 Å². The number of ether oxygens (including phenoxy) is 2. The van der Waals surface area contributed by atoms with Crippen molar-refractivity contribution in [3.8, 4) is 5.75 Å². The van der Waals surface area contributed by atoms with Gasteiger partial charge in [0.25, 0.3) is 5.91 Å². The van der Waals surface area contributed by atoms with E-state index in [9.17, 15) is 4.79 Å². The van der Waals surface area contributed by atoms with E-state index in [1.54, 1.807) is 6.92 Å². The summed E-state index contributed by atoms with van der Waals surface area (Å²) in [6, 6.07) is 7.50. The number of halogens is 1. The zero-order valence-corrected chi connectivity index (χ0v) is 12.5. The average Bonchev–Trinajstić information content (AvgIpc) is 2.91. The number of benzene rings is 1. The normalized spacial score (nSPS) is 20.0. The Hall–Kier alpha value is -1.07. The maximum Gasteiger partial charge on any atom is 0.260 e. The molecule has 0 saturated carbocycles. The molecule has 1 aromatic rings. The van der Waals surface area contributed by atoms with Crippen molar-refractivity contribution in [3.63, 3.8) is 0 Å². The molecule has 1 aromatic carbocycles. The maximum atomic E-state index is 11.9. The van der Waals surface area contributed by atoms with Gasteiger partial charge in [-0.05, 0) is 41.4 Å². The molecule has 0 radical (unpaired) electrons. The van der Waals surface area contributed by atoms with Gasteiger partial charge in [0.15, 0.2) is 6.10 Å². The van der Waals surface area contributed by atoms with E-state index in [0.717, 1.165) is 24.1 Å². The molecular weight excluding hydrogens is 310 g/mol. The van der Waals surface area contributed by atoms with Crippen LogP contribution in [-0.2, 0) is 9.53 Å². The van der Waals surface area contributed by atoms with Gasteiger partial charge >= 0.3 is 0 Å². The lowest BCUT2D eigenvalue weighted by atomic mass is 10.1. The Balaban J connectivity index is 1.80. The number of hydrogen-bond donors (Lipinski definition) is 1. The molecule has 19 heavy (non-hydrogen) atoms. The second-order valence-electron chi connectivity index (χ2n) is 4.67. The van der Waals surface area contributed by atoms with Crippen LogP contribution in [0.1, 0.15) is 13.3 Å². The Labute approximate surface area is 121 Å². The number of hydrogen-bond acceptors (Lipinski definition) is 3. The molecule has 2 rings (SSSR count). The van der Waals surface area contributed by atoms with Crippen LogP contribution >= 0.6 is 15.9 Å². The fraction of sp³-hybridized carbons (Fsp3) is 0.500. The van der Waals surface area contributed by atoms with E-state index < -0.39 is 6.10 Å². The van der Waals surface area contributed by atoms with Gasteiger partial charge in [0.05, 0.1) is 11.1 Å². The number of amides is 1. The highest BCUT2D eigenvalue weighted by Crippen LogP contribution is 2.24. The summed E-state index contributed by atoms with van der Waals surface area (Å²) in [5, 5.41) is 2.90. The van der Waals surface area contributed by atoms with Crippen LogP contribution in [0.5, 0.6) is 5.75 Å². The second kappa shape index (κ2) is 6.91. The monoisotopic (exact) mass is 327 g/mol. The first-order valence-corrected chi connectivity index (χ1v) is 7.22. The first-order valence-electron chi connectivity index (χ1n) is 6.43. The molecular formula is C14H18BrNO3. The molecule has 1 fully saturated rings. The minimum atomic E-state index is -0.513.